The second-order valence-corrected chi connectivity index (χ2v) is 8.31. The predicted octanol–water partition coefficient (Wildman–Crippen LogP) is 1.54. The maximum atomic E-state index is 13.0. The Morgan fingerprint density at radius 3 is 2.92 bits per heavy atom. The number of hydrogen-bond acceptors (Lipinski definition) is 5. The summed E-state index contributed by atoms with van der Waals surface area (Å²) in [6, 6.07) is 7.38. The largest absolute Gasteiger partial charge is 0.496 e. The van der Waals surface area contributed by atoms with Crippen LogP contribution in [-0.2, 0) is 14.8 Å². The van der Waals surface area contributed by atoms with E-state index in [1.54, 1.807) is 11.4 Å². The molecule has 2 aliphatic heterocycles. The fourth-order valence-electron chi connectivity index (χ4n) is 3.49. The van der Waals surface area contributed by atoms with Gasteiger partial charge in [0.15, 0.2) is 0 Å². The van der Waals surface area contributed by atoms with Crippen molar-refractivity contribution in [3.8, 4) is 5.75 Å². The second kappa shape index (κ2) is 7.82. The Kier molecular flexibility index (Phi) is 5.76. The van der Waals surface area contributed by atoms with Crippen molar-refractivity contribution >= 4 is 10.0 Å². The zero-order valence-electron chi connectivity index (χ0n) is 14.1. The molecule has 0 saturated carbocycles. The van der Waals surface area contributed by atoms with E-state index in [0.29, 0.717) is 26.2 Å². The van der Waals surface area contributed by atoms with Crippen molar-refractivity contribution in [3.05, 3.63) is 29.8 Å². The van der Waals surface area contributed by atoms with E-state index in [9.17, 15) is 8.42 Å². The monoisotopic (exact) mass is 354 g/mol. The van der Waals surface area contributed by atoms with Gasteiger partial charge in [-0.2, -0.15) is 4.31 Å². The van der Waals surface area contributed by atoms with Gasteiger partial charge in [0.1, 0.15) is 5.75 Å². The van der Waals surface area contributed by atoms with Crippen LogP contribution in [0.15, 0.2) is 24.3 Å². The summed E-state index contributed by atoms with van der Waals surface area (Å²) in [6.45, 7) is 2.39. The number of para-hydroxylation sites is 1. The van der Waals surface area contributed by atoms with Crippen LogP contribution in [0, 0.1) is 0 Å². The highest BCUT2D eigenvalue weighted by atomic mass is 32.2. The topological polar surface area (TPSA) is 67.9 Å². The first-order valence-corrected chi connectivity index (χ1v) is 10.2. The van der Waals surface area contributed by atoms with Crippen LogP contribution in [0.4, 0.5) is 0 Å². The highest BCUT2D eigenvalue weighted by Gasteiger charge is 2.36. The number of hydrogen-bond donors (Lipinski definition) is 1. The number of nitrogens with zero attached hydrogens (tertiary/aromatic N) is 1. The Morgan fingerprint density at radius 2 is 2.17 bits per heavy atom. The number of rotatable bonds is 5. The third-order valence-electron chi connectivity index (χ3n) is 4.72. The van der Waals surface area contributed by atoms with Crippen LogP contribution < -0.4 is 10.1 Å². The second-order valence-electron chi connectivity index (χ2n) is 6.34. The molecule has 2 atom stereocenters. The van der Waals surface area contributed by atoms with Crippen molar-refractivity contribution in [2.75, 3.05) is 39.1 Å². The van der Waals surface area contributed by atoms with Crippen LogP contribution in [0.1, 0.15) is 30.9 Å². The third-order valence-corrected chi connectivity index (χ3v) is 6.66. The van der Waals surface area contributed by atoms with Gasteiger partial charge in [0.2, 0.25) is 10.0 Å². The lowest BCUT2D eigenvalue weighted by molar-refractivity contribution is 0.0296. The van der Waals surface area contributed by atoms with Crippen molar-refractivity contribution in [1.29, 1.82) is 0 Å². The van der Waals surface area contributed by atoms with Gasteiger partial charge in [-0.05, 0) is 25.3 Å². The molecule has 1 aromatic rings. The van der Waals surface area contributed by atoms with Gasteiger partial charge in [0, 0.05) is 31.8 Å². The fourth-order valence-corrected chi connectivity index (χ4v) is 5.36. The minimum Gasteiger partial charge on any atom is -0.496 e. The van der Waals surface area contributed by atoms with Crippen LogP contribution in [0.25, 0.3) is 0 Å². The lowest BCUT2D eigenvalue weighted by atomic mass is 10.0. The van der Waals surface area contributed by atoms with E-state index in [-0.39, 0.29) is 17.9 Å². The zero-order valence-corrected chi connectivity index (χ0v) is 14.9. The van der Waals surface area contributed by atoms with E-state index in [2.05, 4.69) is 5.32 Å². The molecule has 3 rings (SSSR count). The third kappa shape index (κ3) is 3.91. The standard InChI is InChI=1S/C17H26N2O4S/c1-22-17-8-3-2-7-15(17)16-12-18-9-10-19(16)24(20,21)13-14-6-4-5-11-23-14/h2-3,7-8,14,16,18H,4-6,9-13H2,1H3. The molecule has 2 heterocycles. The molecule has 2 unspecified atom stereocenters. The average molecular weight is 354 g/mol. The number of sulfonamides is 1. The van der Waals surface area contributed by atoms with Crippen LogP contribution in [-0.4, -0.2) is 57.9 Å². The molecule has 0 spiro atoms. The van der Waals surface area contributed by atoms with Gasteiger partial charge in [0.05, 0.1) is 25.0 Å². The Morgan fingerprint density at radius 1 is 1.33 bits per heavy atom. The van der Waals surface area contributed by atoms with Crippen LogP contribution >= 0.6 is 0 Å². The molecule has 2 fully saturated rings. The van der Waals surface area contributed by atoms with Crippen molar-refractivity contribution < 1.29 is 17.9 Å². The number of methoxy groups -OCH3 is 1. The lowest BCUT2D eigenvalue weighted by Gasteiger charge is -2.37. The van der Waals surface area contributed by atoms with E-state index in [0.717, 1.165) is 30.6 Å². The summed E-state index contributed by atoms with van der Waals surface area (Å²) >= 11 is 0. The van der Waals surface area contributed by atoms with Crippen LogP contribution in [0.3, 0.4) is 0 Å². The SMILES string of the molecule is COc1ccccc1C1CNCCN1S(=O)(=O)CC1CCCCO1. The maximum Gasteiger partial charge on any atom is 0.217 e. The normalized spacial score (nSPS) is 26.2. The molecule has 134 valence electrons. The Balaban J connectivity index is 1.83. The molecular formula is C17H26N2O4S. The Bertz CT molecular complexity index is 644. The van der Waals surface area contributed by atoms with Gasteiger partial charge in [-0.3, -0.25) is 0 Å². The Hall–Kier alpha value is -1.15. The van der Waals surface area contributed by atoms with Crippen LogP contribution in [0.2, 0.25) is 0 Å². The molecule has 0 bridgehead atoms. The van der Waals surface area contributed by atoms with Gasteiger partial charge in [-0.1, -0.05) is 18.2 Å². The summed E-state index contributed by atoms with van der Waals surface area (Å²) in [5, 5.41) is 3.30. The molecule has 1 N–H and O–H groups in total. The van der Waals surface area contributed by atoms with E-state index < -0.39 is 10.0 Å². The summed E-state index contributed by atoms with van der Waals surface area (Å²) in [5.41, 5.74) is 0.903. The smallest absolute Gasteiger partial charge is 0.217 e. The van der Waals surface area contributed by atoms with E-state index in [1.165, 1.54) is 0 Å². The van der Waals surface area contributed by atoms with Crippen molar-refractivity contribution in [2.24, 2.45) is 0 Å². The van der Waals surface area contributed by atoms with Crippen molar-refractivity contribution in [2.45, 2.75) is 31.4 Å². The molecule has 7 heteroatoms. The first-order valence-electron chi connectivity index (χ1n) is 8.56. The summed E-state index contributed by atoms with van der Waals surface area (Å²) in [7, 11) is -1.78. The molecule has 0 radical (unpaired) electrons. The first-order chi connectivity index (χ1) is 11.6. The molecule has 2 aliphatic rings. The highest BCUT2D eigenvalue weighted by Crippen LogP contribution is 2.32. The fraction of sp³-hybridized carbons (Fsp3) is 0.647. The first kappa shape index (κ1) is 17.7. The van der Waals surface area contributed by atoms with Gasteiger partial charge < -0.3 is 14.8 Å². The summed E-state index contributed by atoms with van der Waals surface area (Å²) in [4.78, 5) is 0. The van der Waals surface area contributed by atoms with Gasteiger partial charge in [-0.15, -0.1) is 0 Å². The predicted molar refractivity (Wildman–Crippen MR) is 92.7 cm³/mol. The van der Waals surface area contributed by atoms with Crippen molar-refractivity contribution in [3.63, 3.8) is 0 Å². The van der Waals surface area contributed by atoms with E-state index in [1.807, 2.05) is 24.3 Å². The molecule has 0 amide bonds. The summed E-state index contributed by atoms with van der Waals surface area (Å²) in [5.74, 6) is 0.791. The molecule has 24 heavy (non-hydrogen) atoms. The zero-order chi connectivity index (χ0) is 17.0. The lowest BCUT2D eigenvalue weighted by Crippen LogP contribution is -2.50. The molecule has 0 aromatic heterocycles. The quantitative estimate of drug-likeness (QED) is 0.869. The highest BCUT2D eigenvalue weighted by molar-refractivity contribution is 7.89. The molecular weight excluding hydrogens is 328 g/mol. The van der Waals surface area contributed by atoms with Crippen molar-refractivity contribution in [1.82, 2.24) is 9.62 Å². The maximum absolute atomic E-state index is 13.0. The van der Waals surface area contributed by atoms with E-state index in [4.69, 9.17) is 9.47 Å². The molecule has 1 aromatic carbocycles. The molecule has 0 aliphatic carbocycles. The minimum absolute atomic E-state index is 0.0681. The summed E-state index contributed by atoms with van der Waals surface area (Å²) in [6.07, 6.45) is 2.70. The van der Waals surface area contributed by atoms with Gasteiger partial charge in [0.25, 0.3) is 0 Å². The Labute approximate surface area is 144 Å². The van der Waals surface area contributed by atoms with Crippen LogP contribution in [0.5, 0.6) is 5.75 Å². The molecule has 6 nitrogen and oxygen atoms in total. The number of piperazine rings is 1. The van der Waals surface area contributed by atoms with Gasteiger partial charge in [-0.25, -0.2) is 8.42 Å². The number of nitrogens with one attached hydrogen (secondary N) is 1. The average Bonchev–Trinajstić information content (AvgIpc) is 2.62. The van der Waals surface area contributed by atoms with Gasteiger partial charge >= 0.3 is 0 Å². The van der Waals surface area contributed by atoms with E-state index >= 15 is 0 Å². The number of ether oxygens (including phenoxy) is 2. The minimum atomic E-state index is -3.39. The number of benzene rings is 1. The molecule has 2 saturated heterocycles. The summed E-state index contributed by atoms with van der Waals surface area (Å²) < 4.78 is 38.7.